The number of carbonyl (C=O) groups excluding carboxylic acids is 1. The smallest absolute Gasteiger partial charge is 0.251 e. The van der Waals surface area contributed by atoms with E-state index < -0.39 is 0 Å². The molecule has 178 valence electrons. The molecule has 0 saturated carbocycles. The summed E-state index contributed by atoms with van der Waals surface area (Å²) in [4.78, 5) is 19.3. The molecule has 0 spiro atoms. The van der Waals surface area contributed by atoms with E-state index in [4.69, 9.17) is 9.15 Å². The Morgan fingerprint density at radius 1 is 1.16 bits per heavy atom. The van der Waals surface area contributed by atoms with E-state index in [1.807, 2.05) is 31.2 Å². The van der Waals surface area contributed by atoms with Crippen molar-refractivity contribution in [3.8, 4) is 0 Å². The minimum atomic E-state index is -0.135. The molecule has 2 rings (SSSR count). The lowest BCUT2D eigenvalue weighted by Gasteiger charge is -2.18. The predicted molar refractivity (Wildman–Crippen MR) is 139 cm³/mol. The summed E-state index contributed by atoms with van der Waals surface area (Å²) in [6, 6.07) is 11.1. The minimum Gasteiger partial charge on any atom is -0.467 e. The van der Waals surface area contributed by atoms with Crippen molar-refractivity contribution < 1.29 is 13.9 Å². The third-order valence-electron chi connectivity index (χ3n) is 4.63. The van der Waals surface area contributed by atoms with Crippen LogP contribution in [-0.2, 0) is 17.8 Å². The summed E-state index contributed by atoms with van der Waals surface area (Å²) in [7, 11) is 3.83. The maximum atomic E-state index is 12.4. The number of amides is 1. The number of carbonyl (C=O) groups is 1. The molecule has 3 N–H and O–H groups in total. The summed E-state index contributed by atoms with van der Waals surface area (Å²) in [5, 5.41) is 9.49. The molecule has 1 heterocycles. The predicted octanol–water partition coefficient (Wildman–Crippen LogP) is 2.85. The van der Waals surface area contributed by atoms with Crippen molar-refractivity contribution in [1.82, 2.24) is 20.9 Å². The van der Waals surface area contributed by atoms with E-state index in [-0.39, 0.29) is 29.9 Å². The molecule has 0 radical (unpaired) electrons. The number of nitrogens with zero attached hydrogens (tertiary/aromatic N) is 2. The molecule has 0 aliphatic carbocycles. The van der Waals surface area contributed by atoms with Crippen LogP contribution in [0.3, 0.4) is 0 Å². The van der Waals surface area contributed by atoms with Gasteiger partial charge in [0.25, 0.3) is 5.91 Å². The number of halogens is 1. The zero-order valence-corrected chi connectivity index (χ0v) is 21.6. The van der Waals surface area contributed by atoms with Crippen LogP contribution >= 0.6 is 24.0 Å². The molecule has 0 fully saturated rings. The van der Waals surface area contributed by atoms with Crippen molar-refractivity contribution in [2.45, 2.75) is 26.4 Å². The Morgan fingerprint density at radius 3 is 2.72 bits per heavy atom. The summed E-state index contributed by atoms with van der Waals surface area (Å²) >= 11 is 0. The highest BCUT2D eigenvalue weighted by Gasteiger charge is 2.07. The maximum absolute atomic E-state index is 12.4. The Bertz CT molecular complexity index is 799. The Labute approximate surface area is 208 Å². The molecular weight excluding hydrogens is 521 g/mol. The van der Waals surface area contributed by atoms with Gasteiger partial charge < -0.3 is 30.0 Å². The fraction of sp³-hybridized carbons (Fsp3) is 0.478. The van der Waals surface area contributed by atoms with E-state index in [1.54, 1.807) is 25.5 Å². The van der Waals surface area contributed by atoms with Crippen LogP contribution in [-0.4, -0.2) is 63.7 Å². The molecular formula is C23H36IN5O3. The van der Waals surface area contributed by atoms with Crippen LogP contribution in [0.1, 0.15) is 35.0 Å². The van der Waals surface area contributed by atoms with E-state index >= 15 is 0 Å². The first kappa shape index (κ1) is 27.9. The lowest BCUT2D eigenvalue weighted by molar-refractivity contribution is 0.0948. The molecule has 1 aromatic heterocycles. The van der Waals surface area contributed by atoms with Gasteiger partial charge in [-0.1, -0.05) is 12.1 Å². The average molecular weight is 557 g/mol. The van der Waals surface area contributed by atoms with Gasteiger partial charge in [-0.25, -0.2) is 4.99 Å². The van der Waals surface area contributed by atoms with Crippen LogP contribution in [0, 0.1) is 0 Å². The van der Waals surface area contributed by atoms with Gasteiger partial charge in [0.2, 0.25) is 0 Å². The molecule has 1 aromatic carbocycles. The van der Waals surface area contributed by atoms with Crippen molar-refractivity contribution in [2.75, 3.05) is 46.9 Å². The number of nitrogens with one attached hydrogen (secondary N) is 3. The zero-order chi connectivity index (χ0) is 22.3. The van der Waals surface area contributed by atoms with Crippen LogP contribution in [0.4, 0.5) is 0 Å². The van der Waals surface area contributed by atoms with Crippen molar-refractivity contribution in [1.29, 1.82) is 0 Å². The molecule has 0 aliphatic heterocycles. The van der Waals surface area contributed by atoms with Crippen LogP contribution < -0.4 is 16.0 Å². The molecule has 0 saturated heterocycles. The largest absolute Gasteiger partial charge is 0.467 e. The van der Waals surface area contributed by atoms with Gasteiger partial charge in [0.15, 0.2) is 5.96 Å². The molecule has 1 amide bonds. The number of benzene rings is 1. The van der Waals surface area contributed by atoms with E-state index in [0.717, 1.165) is 56.5 Å². The standard InChI is InChI=1S/C23H35N5O3.HI/c1-4-24-23(25-11-13-28(2)12-7-14-30-3)27-17-19-8-5-9-20(16-19)22(29)26-18-21-10-6-15-31-21;/h5-6,8-10,15-16H,4,7,11-14,17-18H2,1-3H3,(H,26,29)(H2,24,25,27);1H. The van der Waals surface area contributed by atoms with Crippen LogP contribution in [0.5, 0.6) is 0 Å². The number of ether oxygens (including phenoxy) is 1. The normalized spacial score (nSPS) is 11.2. The second-order valence-corrected chi connectivity index (χ2v) is 7.23. The zero-order valence-electron chi connectivity index (χ0n) is 19.2. The van der Waals surface area contributed by atoms with Gasteiger partial charge in [-0.15, -0.1) is 24.0 Å². The first-order chi connectivity index (χ1) is 15.1. The monoisotopic (exact) mass is 557 g/mol. The first-order valence-corrected chi connectivity index (χ1v) is 10.7. The molecule has 0 aliphatic rings. The van der Waals surface area contributed by atoms with Gasteiger partial charge in [0.1, 0.15) is 5.76 Å². The minimum absolute atomic E-state index is 0. The fourth-order valence-corrected chi connectivity index (χ4v) is 2.96. The molecule has 2 aromatic rings. The number of likely N-dealkylation sites (N-methyl/N-ethyl adjacent to an activating group) is 1. The number of hydrogen-bond acceptors (Lipinski definition) is 5. The summed E-state index contributed by atoms with van der Waals surface area (Å²) < 4.78 is 10.3. The van der Waals surface area contributed by atoms with Crippen LogP contribution in [0.25, 0.3) is 0 Å². The third-order valence-corrected chi connectivity index (χ3v) is 4.63. The van der Waals surface area contributed by atoms with E-state index in [9.17, 15) is 4.79 Å². The molecule has 0 bridgehead atoms. The quantitative estimate of drug-likeness (QED) is 0.152. The van der Waals surface area contributed by atoms with Gasteiger partial charge in [-0.2, -0.15) is 0 Å². The van der Waals surface area contributed by atoms with Crippen molar-refractivity contribution in [3.63, 3.8) is 0 Å². The summed E-state index contributed by atoms with van der Waals surface area (Å²) in [6.45, 7) is 7.16. The second kappa shape index (κ2) is 16.5. The van der Waals surface area contributed by atoms with Gasteiger partial charge in [-0.3, -0.25) is 4.79 Å². The van der Waals surface area contributed by atoms with E-state index in [2.05, 4.69) is 32.9 Å². The molecule has 8 nitrogen and oxygen atoms in total. The number of hydrogen-bond donors (Lipinski definition) is 3. The number of methoxy groups -OCH3 is 1. The molecule has 9 heteroatoms. The van der Waals surface area contributed by atoms with Gasteiger partial charge >= 0.3 is 0 Å². The van der Waals surface area contributed by atoms with Crippen molar-refractivity contribution >= 4 is 35.8 Å². The van der Waals surface area contributed by atoms with Crippen LogP contribution in [0.15, 0.2) is 52.1 Å². The Kier molecular flexibility index (Phi) is 14.4. The van der Waals surface area contributed by atoms with Gasteiger partial charge in [0, 0.05) is 45.5 Å². The van der Waals surface area contributed by atoms with Crippen molar-refractivity contribution in [2.24, 2.45) is 4.99 Å². The fourth-order valence-electron chi connectivity index (χ4n) is 2.96. The second-order valence-electron chi connectivity index (χ2n) is 7.23. The highest BCUT2D eigenvalue weighted by molar-refractivity contribution is 14.0. The Hall–Kier alpha value is -2.11. The van der Waals surface area contributed by atoms with Gasteiger partial charge in [0.05, 0.1) is 19.4 Å². The Morgan fingerprint density at radius 2 is 2.00 bits per heavy atom. The van der Waals surface area contributed by atoms with E-state index in [0.29, 0.717) is 18.7 Å². The lowest BCUT2D eigenvalue weighted by atomic mass is 10.1. The molecule has 0 unspecified atom stereocenters. The highest BCUT2D eigenvalue weighted by Crippen LogP contribution is 2.08. The summed E-state index contributed by atoms with van der Waals surface area (Å²) in [5.41, 5.74) is 1.58. The number of aliphatic imine (C=N–C) groups is 1. The number of guanidine groups is 1. The SMILES string of the molecule is CCNC(=NCc1cccc(C(=O)NCc2ccco2)c1)NCCN(C)CCCOC.I. The highest BCUT2D eigenvalue weighted by atomic mass is 127. The summed E-state index contributed by atoms with van der Waals surface area (Å²) in [5.74, 6) is 1.35. The van der Waals surface area contributed by atoms with E-state index in [1.165, 1.54) is 0 Å². The van der Waals surface area contributed by atoms with Crippen LogP contribution in [0.2, 0.25) is 0 Å². The summed E-state index contributed by atoms with van der Waals surface area (Å²) in [6.07, 6.45) is 2.61. The lowest BCUT2D eigenvalue weighted by Crippen LogP contribution is -2.41. The third kappa shape index (κ3) is 11.0. The van der Waals surface area contributed by atoms with Gasteiger partial charge in [-0.05, 0) is 50.2 Å². The average Bonchev–Trinajstić information content (AvgIpc) is 3.30. The topological polar surface area (TPSA) is 91.1 Å². The number of rotatable bonds is 13. The molecule has 0 atom stereocenters. The van der Waals surface area contributed by atoms with Crippen molar-refractivity contribution in [3.05, 3.63) is 59.5 Å². The number of furan rings is 1. The Balaban J connectivity index is 0.00000512. The maximum Gasteiger partial charge on any atom is 0.251 e. The first-order valence-electron chi connectivity index (χ1n) is 10.7. The molecule has 32 heavy (non-hydrogen) atoms.